The predicted molar refractivity (Wildman–Crippen MR) is 73.0 cm³/mol. The van der Waals surface area contributed by atoms with E-state index in [0.29, 0.717) is 11.1 Å². The van der Waals surface area contributed by atoms with Gasteiger partial charge in [-0.2, -0.15) is 8.78 Å². The summed E-state index contributed by atoms with van der Waals surface area (Å²) in [6, 6.07) is 6.49. The molecule has 0 atom stereocenters. The minimum absolute atomic E-state index is 0.0568. The van der Waals surface area contributed by atoms with Gasteiger partial charge in [-0.15, -0.1) is 0 Å². The van der Waals surface area contributed by atoms with Crippen molar-refractivity contribution in [1.82, 2.24) is 4.90 Å². The molecular formula is C16H8F5NO3. The number of rotatable bonds is 3. The first-order valence-electron chi connectivity index (χ1n) is 6.90. The molecule has 0 fully saturated rings. The summed E-state index contributed by atoms with van der Waals surface area (Å²) in [6.45, 7) is -0.659. The maximum atomic E-state index is 13.5. The van der Waals surface area contributed by atoms with E-state index in [-0.39, 0.29) is 6.54 Å². The second kappa shape index (κ2) is 6.15. The second-order valence-electron chi connectivity index (χ2n) is 5.19. The van der Waals surface area contributed by atoms with E-state index in [1.54, 1.807) is 18.2 Å². The van der Waals surface area contributed by atoms with Gasteiger partial charge in [0, 0.05) is 12.1 Å². The number of esters is 1. The van der Waals surface area contributed by atoms with Crippen molar-refractivity contribution in [2.75, 3.05) is 6.54 Å². The molecule has 0 saturated heterocycles. The SMILES string of the molecule is O=C(CN1Cc2ccccc2C1=O)Oc1c(F)c(F)c(F)c(F)c1F. The minimum atomic E-state index is -2.36. The molecule has 1 heterocycles. The Morgan fingerprint density at radius 1 is 0.960 bits per heavy atom. The van der Waals surface area contributed by atoms with E-state index >= 15 is 0 Å². The van der Waals surface area contributed by atoms with Crippen LogP contribution in [0.5, 0.6) is 5.75 Å². The number of hydrogen-bond acceptors (Lipinski definition) is 3. The molecule has 0 bridgehead atoms. The number of hydrogen-bond donors (Lipinski definition) is 0. The zero-order chi connectivity index (χ0) is 18.3. The maximum Gasteiger partial charge on any atom is 0.331 e. The summed E-state index contributed by atoms with van der Waals surface area (Å²) in [7, 11) is 0. The Balaban J connectivity index is 1.78. The first-order chi connectivity index (χ1) is 11.8. The van der Waals surface area contributed by atoms with Gasteiger partial charge >= 0.3 is 5.97 Å². The number of nitrogens with zero attached hydrogens (tertiary/aromatic N) is 1. The molecule has 4 nitrogen and oxygen atoms in total. The van der Waals surface area contributed by atoms with Crippen LogP contribution < -0.4 is 4.74 Å². The summed E-state index contributed by atoms with van der Waals surface area (Å²) in [6.07, 6.45) is 0. The molecular weight excluding hydrogens is 349 g/mol. The van der Waals surface area contributed by atoms with Crippen LogP contribution in [-0.4, -0.2) is 23.3 Å². The van der Waals surface area contributed by atoms with Gasteiger partial charge < -0.3 is 9.64 Å². The molecule has 0 aliphatic carbocycles. The Kier molecular flexibility index (Phi) is 4.15. The molecule has 0 saturated carbocycles. The third kappa shape index (κ3) is 2.81. The lowest BCUT2D eigenvalue weighted by molar-refractivity contribution is -0.135. The van der Waals surface area contributed by atoms with Crippen LogP contribution in [0.1, 0.15) is 15.9 Å². The minimum Gasteiger partial charge on any atom is -0.419 e. The number of amides is 1. The number of benzene rings is 2. The standard InChI is InChI=1S/C16H8F5NO3/c17-10-11(18)13(20)15(14(21)12(10)19)25-9(23)6-22-5-7-3-1-2-4-8(7)16(22)24/h1-4H,5-6H2. The molecule has 25 heavy (non-hydrogen) atoms. The second-order valence-corrected chi connectivity index (χ2v) is 5.19. The molecule has 1 amide bonds. The Bertz CT molecular complexity index is 871. The van der Waals surface area contributed by atoms with E-state index in [1.165, 1.54) is 6.07 Å². The highest BCUT2D eigenvalue weighted by atomic mass is 19.2. The van der Waals surface area contributed by atoms with Crippen LogP contribution in [0, 0.1) is 29.1 Å². The Labute approximate surface area is 137 Å². The van der Waals surface area contributed by atoms with Crippen molar-refractivity contribution in [3.05, 3.63) is 64.5 Å². The van der Waals surface area contributed by atoms with Crippen LogP contribution >= 0.6 is 0 Å². The first kappa shape index (κ1) is 16.9. The lowest BCUT2D eigenvalue weighted by Crippen LogP contribution is -2.33. The van der Waals surface area contributed by atoms with Gasteiger partial charge in [-0.3, -0.25) is 4.79 Å². The van der Waals surface area contributed by atoms with E-state index in [4.69, 9.17) is 0 Å². The number of carbonyl (C=O) groups excluding carboxylic acids is 2. The van der Waals surface area contributed by atoms with Crippen LogP contribution in [0.4, 0.5) is 22.0 Å². The van der Waals surface area contributed by atoms with Crippen molar-refractivity contribution < 1.29 is 36.3 Å². The molecule has 0 N–H and O–H groups in total. The van der Waals surface area contributed by atoms with Crippen LogP contribution in [0.15, 0.2) is 24.3 Å². The number of carbonyl (C=O) groups is 2. The molecule has 130 valence electrons. The summed E-state index contributed by atoms with van der Waals surface area (Å²) >= 11 is 0. The van der Waals surface area contributed by atoms with Crippen molar-refractivity contribution >= 4 is 11.9 Å². The maximum absolute atomic E-state index is 13.5. The van der Waals surface area contributed by atoms with Crippen molar-refractivity contribution in [2.24, 2.45) is 0 Å². The molecule has 0 spiro atoms. The lowest BCUT2D eigenvalue weighted by Gasteiger charge is -2.15. The van der Waals surface area contributed by atoms with Crippen LogP contribution in [0.25, 0.3) is 0 Å². The summed E-state index contributed by atoms with van der Waals surface area (Å²) < 4.78 is 70.4. The molecule has 0 unspecified atom stereocenters. The van der Waals surface area contributed by atoms with E-state index < -0.39 is 53.3 Å². The fourth-order valence-corrected chi connectivity index (χ4v) is 2.42. The predicted octanol–water partition coefficient (Wildman–Crippen LogP) is 2.94. The average molecular weight is 357 g/mol. The van der Waals surface area contributed by atoms with Gasteiger partial charge in [0.05, 0.1) is 0 Å². The van der Waals surface area contributed by atoms with Gasteiger partial charge in [-0.1, -0.05) is 18.2 Å². The third-order valence-electron chi connectivity index (χ3n) is 3.60. The van der Waals surface area contributed by atoms with Crippen molar-refractivity contribution in [2.45, 2.75) is 6.54 Å². The van der Waals surface area contributed by atoms with Crippen molar-refractivity contribution in [1.29, 1.82) is 0 Å². The molecule has 1 aliphatic heterocycles. The lowest BCUT2D eigenvalue weighted by atomic mass is 10.1. The highest BCUT2D eigenvalue weighted by Crippen LogP contribution is 2.29. The normalized spacial score (nSPS) is 13.2. The van der Waals surface area contributed by atoms with Crippen molar-refractivity contribution in [3.63, 3.8) is 0 Å². The fourth-order valence-electron chi connectivity index (χ4n) is 2.42. The summed E-state index contributed by atoms with van der Waals surface area (Å²) in [4.78, 5) is 24.9. The van der Waals surface area contributed by atoms with Gasteiger partial charge in [-0.05, 0) is 11.6 Å². The number of ether oxygens (including phenoxy) is 1. The molecule has 0 radical (unpaired) electrons. The van der Waals surface area contributed by atoms with Crippen LogP contribution in [-0.2, 0) is 11.3 Å². The first-order valence-corrected chi connectivity index (χ1v) is 6.90. The molecule has 0 aromatic heterocycles. The van der Waals surface area contributed by atoms with Gasteiger partial charge in [0.1, 0.15) is 6.54 Å². The molecule has 1 aliphatic rings. The summed E-state index contributed by atoms with van der Waals surface area (Å²) in [5.74, 6) is -14.9. The van der Waals surface area contributed by atoms with Gasteiger partial charge in [-0.25, -0.2) is 18.0 Å². The van der Waals surface area contributed by atoms with Crippen LogP contribution in [0.3, 0.4) is 0 Å². The Morgan fingerprint density at radius 3 is 2.12 bits per heavy atom. The van der Waals surface area contributed by atoms with Crippen molar-refractivity contribution in [3.8, 4) is 5.75 Å². The Morgan fingerprint density at radius 2 is 1.52 bits per heavy atom. The van der Waals surface area contributed by atoms with E-state index in [2.05, 4.69) is 4.74 Å². The molecule has 3 rings (SSSR count). The summed E-state index contributed by atoms with van der Waals surface area (Å²) in [5.41, 5.74) is 0.989. The summed E-state index contributed by atoms with van der Waals surface area (Å²) in [5, 5.41) is 0. The molecule has 2 aromatic rings. The van der Waals surface area contributed by atoms with Gasteiger partial charge in [0.25, 0.3) is 5.91 Å². The number of halogens is 5. The smallest absolute Gasteiger partial charge is 0.331 e. The molecule has 9 heteroatoms. The zero-order valence-corrected chi connectivity index (χ0v) is 12.3. The fraction of sp³-hybridized carbons (Fsp3) is 0.125. The van der Waals surface area contributed by atoms with Gasteiger partial charge in [0.2, 0.25) is 34.8 Å². The highest BCUT2D eigenvalue weighted by molar-refractivity contribution is 5.99. The van der Waals surface area contributed by atoms with Gasteiger partial charge in [0.15, 0.2) is 0 Å². The van der Waals surface area contributed by atoms with E-state index in [1.807, 2.05) is 0 Å². The monoisotopic (exact) mass is 357 g/mol. The molecule has 2 aromatic carbocycles. The van der Waals surface area contributed by atoms with E-state index in [0.717, 1.165) is 4.90 Å². The highest BCUT2D eigenvalue weighted by Gasteiger charge is 2.32. The number of fused-ring (bicyclic) bond motifs is 1. The zero-order valence-electron chi connectivity index (χ0n) is 12.3. The third-order valence-corrected chi connectivity index (χ3v) is 3.60. The van der Waals surface area contributed by atoms with Crippen LogP contribution in [0.2, 0.25) is 0 Å². The Hall–Kier alpha value is -2.97. The average Bonchev–Trinajstić information content (AvgIpc) is 2.91. The topological polar surface area (TPSA) is 46.6 Å². The quantitative estimate of drug-likeness (QED) is 0.279. The largest absolute Gasteiger partial charge is 0.419 e. The van der Waals surface area contributed by atoms with E-state index in [9.17, 15) is 31.5 Å².